The number of ether oxygens (including phenoxy) is 2. The molecule has 7 heteroatoms. The number of likely N-dealkylation sites (tertiary alicyclic amines) is 1. The van der Waals surface area contributed by atoms with Crippen molar-refractivity contribution in [3.8, 4) is 11.5 Å². The minimum Gasteiger partial charge on any atom is -0.454 e. The van der Waals surface area contributed by atoms with E-state index in [0.29, 0.717) is 23.0 Å². The van der Waals surface area contributed by atoms with E-state index in [0.717, 1.165) is 51.0 Å². The maximum absolute atomic E-state index is 12.7. The van der Waals surface area contributed by atoms with E-state index in [1.807, 2.05) is 21.8 Å². The minimum atomic E-state index is 0.0627. The lowest BCUT2D eigenvalue weighted by Crippen LogP contribution is -2.39. The summed E-state index contributed by atoms with van der Waals surface area (Å²) in [5.41, 5.74) is 1.72. The molecule has 0 radical (unpaired) electrons. The fourth-order valence-electron chi connectivity index (χ4n) is 3.59. The number of carbonyl (C=O) groups excluding carboxylic acids is 1. The Balaban J connectivity index is 1.32. The second kappa shape index (κ2) is 7.35. The van der Waals surface area contributed by atoms with Gasteiger partial charge in [-0.25, -0.2) is 0 Å². The number of nitrogens with zero attached hydrogens (tertiary/aromatic N) is 4. The van der Waals surface area contributed by atoms with E-state index in [-0.39, 0.29) is 12.7 Å². The van der Waals surface area contributed by atoms with Crippen LogP contribution in [0, 0.1) is 5.92 Å². The smallest absolute Gasteiger partial charge is 0.253 e. The number of rotatable bonds is 5. The van der Waals surface area contributed by atoms with Crippen LogP contribution in [0.5, 0.6) is 11.5 Å². The number of fused-ring (bicyclic) bond motifs is 1. The van der Waals surface area contributed by atoms with Crippen LogP contribution in [0.2, 0.25) is 0 Å². The Morgan fingerprint density at radius 1 is 1.23 bits per heavy atom. The maximum atomic E-state index is 12.7. The van der Waals surface area contributed by atoms with Gasteiger partial charge in [-0.3, -0.25) is 9.48 Å². The maximum Gasteiger partial charge on any atom is 0.253 e. The summed E-state index contributed by atoms with van der Waals surface area (Å²) in [7, 11) is 0. The summed E-state index contributed by atoms with van der Waals surface area (Å²) in [5, 5.41) is 8.43. The summed E-state index contributed by atoms with van der Waals surface area (Å²) in [4.78, 5) is 14.7. The molecule has 2 aromatic rings. The second-order valence-corrected chi connectivity index (χ2v) is 6.99. The highest BCUT2D eigenvalue weighted by Gasteiger charge is 2.25. The zero-order valence-electron chi connectivity index (χ0n) is 15.1. The molecule has 26 heavy (non-hydrogen) atoms. The predicted octanol–water partition coefficient (Wildman–Crippen LogP) is 2.51. The summed E-state index contributed by atoms with van der Waals surface area (Å²) in [6.07, 6.45) is 6.08. The third-order valence-corrected chi connectivity index (χ3v) is 5.06. The van der Waals surface area contributed by atoms with Crippen molar-refractivity contribution in [3.63, 3.8) is 0 Å². The molecule has 0 N–H and O–H groups in total. The number of hydrogen-bond acceptors (Lipinski definition) is 5. The van der Waals surface area contributed by atoms with Gasteiger partial charge in [-0.1, -0.05) is 18.6 Å². The third-order valence-electron chi connectivity index (χ3n) is 5.06. The van der Waals surface area contributed by atoms with E-state index in [1.54, 1.807) is 12.1 Å². The van der Waals surface area contributed by atoms with Gasteiger partial charge in [0.15, 0.2) is 11.5 Å². The number of carbonyl (C=O) groups is 1. The highest BCUT2D eigenvalue weighted by atomic mass is 16.7. The van der Waals surface area contributed by atoms with Crippen LogP contribution in [-0.4, -0.2) is 45.7 Å². The topological polar surface area (TPSA) is 69.5 Å². The van der Waals surface area contributed by atoms with Crippen molar-refractivity contribution in [3.05, 3.63) is 35.7 Å². The van der Waals surface area contributed by atoms with Crippen LogP contribution in [0.1, 0.15) is 42.2 Å². The lowest BCUT2D eigenvalue weighted by Gasteiger charge is -2.32. The molecule has 0 atom stereocenters. The molecule has 2 aliphatic rings. The van der Waals surface area contributed by atoms with Crippen LogP contribution in [0.3, 0.4) is 0 Å². The van der Waals surface area contributed by atoms with Gasteiger partial charge in [0.25, 0.3) is 5.91 Å². The van der Waals surface area contributed by atoms with E-state index < -0.39 is 0 Å². The Bertz CT molecular complexity index is 781. The summed E-state index contributed by atoms with van der Waals surface area (Å²) in [5.74, 6) is 1.95. The van der Waals surface area contributed by atoms with E-state index in [1.165, 1.54) is 0 Å². The zero-order valence-corrected chi connectivity index (χ0v) is 15.1. The molecule has 138 valence electrons. The van der Waals surface area contributed by atoms with Crippen molar-refractivity contribution in [2.45, 2.75) is 39.2 Å². The lowest BCUT2D eigenvalue weighted by molar-refractivity contribution is 0.0680. The molecule has 3 heterocycles. The molecule has 1 amide bonds. The molecule has 0 bridgehead atoms. The van der Waals surface area contributed by atoms with Crippen molar-refractivity contribution >= 4 is 5.91 Å². The van der Waals surface area contributed by atoms with E-state index in [4.69, 9.17) is 9.47 Å². The molecule has 1 fully saturated rings. The van der Waals surface area contributed by atoms with E-state index >= 15 is 0 Å². The van der Waals surface area contributed by atoms with Gasteiger partial charge in [0.2, 0.25) is 6.79 Å². The molecular weight excluding hydrogens is 332 g/mol. The summed E-state index contributed by atoms with van der Waals surface area (Å²) in [6, 6.07) is 5.40. The van der Waals surface area contributed by atoms with Crippen LogP contribution in [0.15, 0.2) is 24.4 Å². The van der Waals surface area contributed by atoms with Gasteiger partial charge in [0.1, 0.15) is 0 Å². The van der Waals surface area contributed by atoms with Gasteiger partial charge in [-0.15, -0.1) is 5.10 Å². The highest BCUT2D eigenvalue weighted by molar-refractivity contribution is 5.95. The van der Waals surface area contributed by atoms with Gasteiger partial charge in [0.05, 0.1) is 5.69 Å². The number of aromatic nitrogens is 3. The van der Waals surface area contributed by atoms with Crippen molar-refractivity contribution in [1.29, 1.82) is 0 Å². The fourth-order valence-corrected chi connectivity index (χ4v) is 3.59. The van der Waals surface area contributed by atoms with Gasteiger partial charge >= 0.3 is 0 Å². The van der Waals surface area contributed by atoms with Crippen molar-refractivity contribution < 1.29 is 14.3 Å². The molecule has 4 rings (SSSR count). The van der Waals surface area contributed by atoms with Crippen LogP contribution in [0.25, 0.3) is 0 Å². The van der Waals surface area contributed by atoms with E-state index in [9.17, 15) is 4.79 Å². The van der Waals surface area contributed by atoms with Gasteiger partial charge < -0.3 is 14.4 Å². The molecule has 1 aromatic heterocycles. The average molecular weight is 356 g/mol. The third kappa shape index (κ3) is 3.52. The summed E-state index contributed by atoms with van der Waals surface area (Å²) in [6.45, 7) is 4.79. The zero-order chi connectivity index (χ0) is 17.9. The average Bonchev–Trinajstić information content (AvgIpc) is 3.30. The van der Waals surface area contributed by atoms with Gasteiger partial charge in [-0.2, -0.15) is 0 Å². The number of benzene rings is 1. The predicted molar refractivity (Wildman–Crippen MR) is 95.2 cm³/mol. The molecule has 1 aromatic carbocycles. The number of piperidine rings is 1. The monoisotopic (exact) mass is 356 g/mol. The van der Waals surface area contributed by atoms with E-state index in [2.05, 4.69) is 17.2 Å². The van der Waals surface area contributed by atoms with Crippen LogP contribution >= 0.6 is 0 Å². The second-order valence-electron chi connectivity index (χ2n) is 6.99. The summed E-state index contributed by atoms with van der Waals surface area (Å²) >= 11 is 0. The Labute approximate surface area is 152 Å². The molecule has 0 saturated carbocycles. The molecule has 2 aliphatic heterocycles. The van der Waals surface area contributed by atoms with Crippen molar-refractivity contribution in [2.75, 3.05) is 19.9 Å². The first-order valence-electron chi connectivity index (χ1n) is 9.31. The Morgan fingerprint density at radius 3 is 2.85 bits per heavy atom. The fraction of sp³-hybridized carbons (Fsp3) is 0.526. The number of amides is 1. The first kappa shape index (κ1) is 16.9. The molecule has 7 nitrogen and oxygen atoms in total. The van der Waals surface area contributed by atoms with Crippen LogP contribution < -0.4 is 9.47 Å². The largest absolute Gasteiger partial charge is 0.454 e. The standard InChI is InChI=1S/C19H24N4O3/c1-2-3-16-12-23(21-20-16)11-14-6-8-22(9-7-14)19(24)15-4-5-17-18(10-15)26-13-25-17/h4-5,10,12,14H,2-3,6-9,11,13H2,1H3. The molecule has 0 unspecified atom stereocenters. The molecule has 0 spiro atoms. The van der Waals surface area contributed by atoms with Gasteiger partial charge in [0, 0.05) is 31.4 Å². The number of aryl methyl sites for hydroxylation is 1. The minimum absolute atomic E-state index is 0.0627. The molecule has 0 aliphatic carbocycles. The quantitative estimate of drug-likeness (QED) is 0.823. The Morgan fingerprint density at radius 2 is 2.04 bits per heavy atom. The number of hydrogen-bond donors (Lipinski definition) is 0. The van der Waals surface area contributed by atoms with Crippen LogP contribution in [0.4, 0.5) is 0 Å². The van der Waals surface area contributed by atoms with Gasteiger partial charge in [-0.05, 0) is 43.4 Å². The van der Waals surface area contributed by atoms with Crippen molar-refractivity contribution in [2.24, 2.45) is 5.92 Å². The molecule has 1 saturated heterocycles. The Hall–Kier alpha value is -2.57. The Kier molecular flexibility index (Phi) is 4.77. The highest BCUT2D eigenvalue weighted by Crippen LogP contribution is 2.33. The van der Waals surface area contributed by atoms with Crippen molar-refractivity contribution in [1.82, 2.24) is 19.9 Å². The first-order chi connectivity index (χ1) is 12.7. The molecular formula is C19H24N4O3. The lowest BCUT2D eigenvalue weighted by atomic mass is 9.96. The summed E-state index contributed by atoms with van der Waals surface area (Å²) < 4.78 is 12.6. The first-order valence-corrected chi connectivity index (χ1v) is 9.31. The SMILES string of the molecule is CCCc1cn(CC2CCN(C(=O)c3ccc4c(c3)OCO4)CC2)nn1. The van der Waals surface area contributed by atoms with Crippen LogP contribution in [-0.2, 0) is 13.0 Å². The normalized spacial score (nSPS) is 16.9.